The molecule has 0 saturated carbocycles. The number of likely N-dealkylation sites (N-methyl/N-ethyl adjacent to an activating group) is 1. The van der Waals surface area contributed by atoms with Crippen molar-refractivity contribution in [2.75, 3.05) is 20.7 Å². The molecule has 0 atom stereocenters. The second kappa shape index (κ2) is 5.67. The van der Waals surface area contributed by atoms with Gasteiger partial charge in [-0.1, -0.05) is 0 Å². The number of methoxy groups -OCH3 is 1. The summed E-state index contributed by atoms with van der Waals surface area (Å²) in [6.07, 6.45) is 0.693. The normalized spacial score (nSPS) is 10.6. The molecule has 0 radical (unpaired) electrons. The van der Waals surface area contributed by atoms with Crippen LogP contribution in [0.5, 0.6) is 5.75 Å². The van der Waals surface area contributed by atoms with E-state index < -0.39 is 5.97 Å². The van der Waals surface area contributed by atoms with Crippen LogP contribution in [0.25, 0.3) is 10.9 Å². The first kappa shape index (κ1) is 13.3. The van der Waals surface area contributed by atoms with Gasteiger partial charge in [0.05, 0.1) is 18.2 Å². The zero-order chi connectivity index (χ0) is 13.8. The summed E-state index contributed by atoms with van der Waals surface area (Å²) < 4.78 is 5.12. The summed E-state index contributed by atoms with van der Waals surface area (Å²) in [6, 6.07) is 6.89. The van der Waals surface area contributed by atoms with Crippen molar-refractivity contribution in [1.29, 1.82) is 0 Å². The van der Waals surface area contributed by atoms with Gasteiger partial charge in [0, 0.05) is 24.0 Å². The highest BCUT2D eigenvalue weighted by Gasteiger charge is 2.12. The van der Waals surface area contributed by atoms with Gasteiger partial charge in [0.25, 0.3) is 0 Å². The zero-order valence-corrected chi connectivity index (χ0v) is 10.9. The predicted octanol–water partition coefficient (Wildman–Crippen LogP) is 1.70. The molecule has 5 nitrogen and oxygen atoms in total. The number of aromatic carboxylic acids is 1. The van der Waals surface area contributed by atoms with E-state index in [0.29, 0.717) is 23.1 Å². The van der Waals surface area contributed by atoms with Crippen LogP contribution in [0.4, 0.5) is 0 Å². The summed E-state index contributed by atoms with van der Waals surface area (Å²) >= 11 is 0. The van der Waals surface area contributed by atoms with Gasteiger partial charge in [0.15, 0.2) is 0 Å². The van der Waals surface area contributed by atoms with Crippen LogP contribution in [-0.4, -0.2) is 36.8 Å². The smallest absolute Gasteiger partial charge is 0.336 e. The number of nitrogens with zero attached hydrogens (tertiary/aromatic N) is 1. The fourth-order valence-corrected chi connectivity index (χ4v) is 1.94. The number of pyridine rings is 1. The molecule has 1 aromatic heterocycles. The third kappa shape index (κ3) is 2.82. The van der Waals surface area contributed by atoms with E-state index in [0.717, 1.165) is 12.2 Å². The lowest BCUT2D eigenvalue weighted by Gasteiger charge is -2.08. The lowest BCUT2D eigenvalue weighted by atomic mass is 10.1. The number of hydrogen-bond acceptors (Lipinski definition) is 4. The van der Waals surface area contributed by atoms with Crippen molar-refractivity contribution in [3.63, 3.8) is 0 Å². The number of carboxylic acids is 1. The van der Waals surface area contributed by atoms with E-state index in [2.05, 4.69) is 10.3 Å². The Bertz CT molecular complexity index is 611. The number of benzene rings is 1. The van der Waals surface area contributed by atoms with Gasteiger partial charge in [-0.3, -0.25) is 4.98 Å². The molecule has 5 heteroatoms. The van der Waals surface area contributed by atoms with Crippen LogP contribution in [0.15, 0.2) is 24.3 Å². The average Bonchev–Trinajstić information content (AvgIpc) is 2.43. The molecule has 0 aliphatic carbocycles. The summed E-state index contributed by atoms with van der Waals surface area (Å²) in [6.45, 7) is 0.758. The van der Waals surface area contributed by atoms with Crippen LogP contribution in [0.1, 0.15) is 16.1 Å². The molecule has 2 rings (SSSR count). The number of nitrogens with one attached hydrogen (secondary N) is 1. The van der Waals surface area contributed by atoms with Gasteiger partial charge in [-0.05, 0) is 31.3 Å². The van der Waals surface area contributed by atoms with Gasteiger partial charge in [-0.15, -0.1) is 0 Å². The van der Waals surface area contributed by atoms with Crippen molar-refractivity contribution < 1.29 is 14.6 Å². The van der Waals surface area contributed by atoms with Gasteiger partial charge >= 0.3 is 5.97 Å². The summed E-state index contributed by atoms with van der Waals surface area (Å²) in [4.78, 5) is 15.8. The third-order valence-corrected chi connectivity index (χ3v) is 2.93. The molecule has 1 aromatic carbocycles. The minimum Gasteiger partial charge on any atom is -0.497 e. The van der Waals surface area contributed by atoms with Gasteiger partial charge < -0.3 is 15.2 Å². The van der Waals surface area contributed by atoms with Gasteiger partial charge in [-0.25, -0.2) is 4.79 Å². The Hall–Kier alpha value is -2.14. The second-order valence-electron chi connectivity index (χ2n) is 4.20. The van der Waals surface area contributed by atoms with Crippen LogP contribution in [0.3, 0.4) is 0 Å². The number of carboxylic acid groups (broad SMARTS) is 1. The van der Waals surface area contributed by atoms with E-state index in [1.165, 1.54) is 0 Å². The second-order valence-corrected chi connectivity index (χ2v) is 4.20. The number of fused-ring (bicyclic) bond motifs is 1. The van der Waals surface area contributed by atoms with Crippen molar-refractivity contribution in [3.8, 4) is 5.75 Å². The van der Waals surface area contributed by atoms with Crippen LogP contribution in [-0.2, 0) is 6.42 Å². The lowest BCUT2D eigenvalue weighted by molar-refractivity contribution is 0.0699. The molecule has 0 spiro atoms. The standard InChI is InChI=1S/C14H16N2O3/c1-15-6-5-9-7-12(14(17)18)11-8-10(19-2)3-4-13(11)16-9/h3-4,7-8,15H,5-6H2,1-2H3,(H,17,18). The maximum Gasteiger partial charge on any atom is 0.336 e. The van der Waals surface area contributed by atoms with Crippen LogP contribution in [0, 0.1) is 0 Å². The van der Waals surface area contributed by atoms with Crippen LogP contribution < -0.4 is 10.1 Å². The van der Waals surface area contributed by atoms with Gasteiger partial charge in [0.2, 0.25) is 0 Å². The van der Waals surface area contributed by atoms with Crippen molar-refractivity contribution >= 4 is 16.9 Å². The Morgan fingerprint density at radius 3 is 2.84 bits per heavy atom. The number of ether oxygens (including phenoxy) is 1. The van der Waals surface area contributed by atoms with E-state index in [1.54, 1.807) is 31.4 Å². The maximum absolute atomic E-state index is 11.4. The molecule has 0 unspecified atom stereocenters. The highest BCUT2D eigenvalue weighted by Crippen LogP contribution is 2.24. The first-order chi connectivity index (χ1) is 9.15. The number of carbonyl (C=O) groups is 1. The highest BCUT2D eigenvalue weighted by atomic mass is 16.5. The van der Waals surface area contributed by atoms with Crippen LogP contribution >= 0.6 is 0 Å². The van der Waals surface area contributed by atoms with E-state index in [-0.39, 0.29) is 5.56 Å². The average molecular weight is 260 g/mol. The largest absolute Gasteiger partial charge is 0.497 e. The molecule has 100 valence electrons. The first-order valence-corrected chi connectivity index (χ1v) is 6.01. The Kier molecular flexibility index (Phi) is 3.97. The van der Waals surface area contributed by atoms with E-state index in [9.17, 15) is 9.90 Å². The molecule has 2 aromatic rings. The number of aromatic nitrogens is 1. The van der Waals surface area contributed by atoms with Gasteiger partial charge in [0.1, 0.15) is 5.75 Å². The highest BCUT2D eigenvalue weighted by molar-refractivity contribution is 6.03. The van der Waals surface area contributed by atoms with Crippen molar-refractivity contribution in [1.82, 2.24) is 10.3 Å². The van der Waals surface area contributed by atoms with Crippen molar-refractivity contribution in [3.05, 3.63) is 35.5 Å². The summed E-state index contributed by atoms with van der Waals surface area (Å²) in [5.74, 6) is -0.328. The monoisotopic (exact) mass is 260 g/mol. The molecule has 0 bridgehead atoms. The minimum absolute atomic E-state index is 0.259. The Morgan fingerprint density at radius 1 is 1.42 bits per heavy atom. The summed E-state index contributed by atoms with van der Waals surface area (Å²) in [7, 11) is 3.40. The fourth-order valence-electron chi connectivity index (χ4n) is 1.94. The van der Waals surface area contributed by atoms with E-state index in [1.807, 2.05) is 7.05 Å². The molecule has 1 heterocycles. The molecule has 2 N–H and O–H groups in total. The zero-order valence-electron chi connectivity index (χ0n) is 10.9. The number of rotatable bonds is 5. The van der Waals surface area contributed by atoms with Gasteiger partial charge in [-0.2, -0.15) is 0 Å². The van der Waals surface area contributed by atoms with Crippen LogP contribution in [0.2, 0.25) is 0 Å². The van der Waals surface area contributed by atoms with Crippen molar-refractivity contribution in [2.45, 2.75) is 6.42 Å². The Morgan fingerprint density at radius 2 is 2.21 bits per heavy atom. The lowest BCUT2D eigenvalue weighted by Crippen LogP contribution is -2.12. The van der Waals surface area contributed by atoms with E-state index >= 15 is 0 Å². The fraction of sp³-hybridized carbons (Fsp3) is 0.286. The predicted molar refractivity (Wildman–Crippen MR) is 72.9 cm³/mol. The number of hydrogen-bond donors (Lipinski definition) is 2. The SMILES string of the molecule is CNCCc1cc(C(=O)O)c2cc(OC)ccc2n1. The molecular formula is C14H16N2O3. The Balaban J connectivity index is 2.58. The molecular weight excluding hydrogens is 244 g/mol. The third-order valence-electron chi connectivity index (χ3n) is 2.93. The quantitative estimate of drug-likeness (QED) is 0.856. The topological polar surface area (TPSA) is 71.5 Å². The summed E-state index contributed by atoms with van der Waals surface area (Å²) in [5.41, 5.74) is 1.70. The Labute approximate surface area is 111 Å². The molecule has 0 saturated heterocycles. The first-order valence-electron chi connectivity index (χ1n) is 6.01. The minimum atomic E-state index is -0.952. The summed E-state index contributed by atoms with van der Waals surface area (Å²) in [5, 5.41) is 12.9. The molecule has 0 fully saturated rings. The van der Waals surface area contributed by atoms with Crippen molar-refractivity contribution in [2.24, 2.45) is 0 Å². The molecule has 19 heavy (non-hydrogen) atoms. The molecule has 0 aliphatic heterocycles. The van der Waals surface area contributed by atoms with E-state index in [4.69, 9.17) is 4.74 Å². The maximum atomic E-state index is 11.4. The molecule has 0 amide bonds. The molecule has 0 aliphatic rings.